The smallest absolute Gasteiger partial charge is 0.352 e. The number of nitrogen functional groups attached to an aromatic ring is 1. The largest absolute Gasteiger partial charge is 0.480 e. The van der Waals surface area contributed by atoms with Crippen LogP contribution in [0.5, 0.6) is 0 Å². The number of thioether (sulfide) groups is 1. The maximum Gasteiger partial charge on any atom is 0.352 e. The minimum Gasteiger partial charge on any atom is -0.480 e. The number of thiazole rings is 1. The van der Waals surface area contributed by atoms with E-state index < -0.39 is 41.2 Å². The number of oxime groups is 1. The third-order valence-electron chi connectivity index (χ3n) is 4.71. The fourth-order valence-corrected chi connectivity index (χ4v) is 4.91. The number of carboxylic acid groups (broad SMARTS) is 2. The number of hydrogen-bond donors (Lipinski definition) is 5. The highest BCUT2D eigenvalue weighted by Gasteiger charge is 2.54. The van der Waals surface area contributed by atoms with E-state index in [2.05, 4.69) is 22.0 Å². The zero-order chi connectivity index (χ0) is 24.3. The van der Waals surface area contributed by atoms with Gasteiger partial charge in [0.25, 0.3) is 11.8 Å². The molecule has 0 radical (unpaired) electrons. The monoisotopic (exact) mass is 496 g/mol. The van der Waals surface area contributed by atoms with E-state index in [1.54, 1.807) is 0 Å². The fourth-order valence-electron chi connectivity index (χ4n) is 3.02. The van der Waals surface area contributed by atoms with Gasteiger partial charge < -0.3 is 31.8 Å². The Morgan fingerprint density at radius 2 is 2.18 bits per heavy atom. The van der Waals surface area contributed by atoms with E-state index in [0.29, 0.717) is 11.3 Å². The zero-order valence-electron chi connectivity index (χ0n) is 17.0. The van der Waals surface area contributed by atoms with Crippen LogP contribution in [0.2, 0.25) is 0 Å². The molecule has 1 fully saturated rings. The van der Waals surface area contributed by atoms with Gasteiger partial charge in [0.05, 0.1) is 0 Å². The van der Waals surface area contributed by atoms with Crippen LogP contribution >= 0.6 is 23.1 Å². The van der Waals surface area contributed by atoms with Crippen molar-refractivity contribution in [3.8, 4) is 0 Å². The van der Waals surface area contributed by atoms with Gasteiger partial charge in [-0.1, -0.05) is 17.8 Å². The Bertz CT molecular complexity index is 1070. The van der Waals surface area contributed by atoms with E-state index in [9.17, 15) is 24.3 Å². The molecule has 2 aliphatic heterocycles. The Balaban J connectivity index is 1.74. The summed E-state index contributed by atoms with van der Waals surface area (Å²) in [6.45, 7) is 3.39. The van der Waals surface area contributed by atoms with Crippen LogP contribution in [-0.4, -0.2) is 79.4 Å². The number of anilines is 1. The Morgan fingerprint density at radius 1 is 1.45 bits per heavy atom. The van der Waals surface area contributed by atoms with Crippen LogP contribution in [0.25, 0.3) is 0 Å². The number of rotatable bonds is 10. The SMILES string of the molecule is C=CC1=C(C(=O)O)N2C(=O)C(NC(=O)C(=NOCCC(N)C(=O)O)c3csc(N)n3)[C@@H]2SC1. The summed E-state index contributed by atoms with van der Waals surface area (Å²) in [6, 6.07) is -2.16. The number of aromatic nitrogens is 1. The number of nitrogens with one attached hydrogen (secondary N) is 1. The van der Waals surface area contributed by atoms with Crippen LogP contribution in [0.15, 0.2) is 34.5 Å². The molecule has 0 spiro atoms. The quantitative estimate of drug-likeness (QED) is 0.117. The number of carboxylic acids is 2. The van der Waals surface area contributed by atoms with E-state index in [4.69, 9.17) is 21.4 Å². The first kappa shape index (κ1) is 24.2. The number of nitrogens with zero attached hydrogens (tertiary/aromatic N) is 3. The van der Waals surface area contributed by atoms with Crippen LogP contribution in [0.3, 0.4) is 0 Å². The van der Waals surface area contributed by atoms with E-state index in [1.165, 1.54) is 23.2 Å². The second-order valence-corrected chi connectivity index (χ2v) is 8.82. The molecule has 3 atom stereocenters. The van der Waals surface area contributed by atoms with Crippen LogP contribution in [0.1, 0.15) is 12.1 Å². The van der Waals surface area contributed by atoms with Gasteiger partial charge in [-0.15, -0.1) is 23.1 Å². The second-order valence-electron chi connectivity index (χ2n) is 6.82. The number of carbonyl (C=O) groups is 4. The van der Waals surface area contributed by atoms with Gasteiger partial charge in [0.15, 0.2) is 10.8 Å². The third kappa shape index (κ3) is 4.99. The molecule has 2 aliphatic rings. The van der Waals surface area contributed by atoms with Crippen LogP contribution in [0, 0.1) is 0 Å². The summed E-state index contributed by atoms with van der Waals surface area (Å²) >= 11 is 2.34. The molecule has 3 heterocycles. The highest BCUT2D eigenvalue weighted by Crippen LogP contribution is 2.40. The Kier molecular flexibility index (Phi) is 7.35. The zero-order valence-corrected chi connectivity index (χ0v) is 18.6. The number of amides is 2. The number of fused-ring (bicyclic) bond motifs is 1. The topological polar surface area (TPSA) is 211 Å². The van der Waals surface area contributed by atoms with Gasteiger partial charge >= 0.3 is 11.9 Å². The Hall–Kier alpha value is -3.43. The minimum absolute atomic E-state index is 0.0579. The summed E-state index contributed by atoms with van der Waals surface area (Å²) in [5, 5.41) is 25.6. The molecule has 2 unspecified atom stereocenters. The number of β-lactam (4-membered cyclic amide) rings is 1. The molecule has 1 aromatic rings. The first-order valence-electron chi connectivity index (χ1n) is 9.39. The standard InChI is InChI=1S/C18H20N6O7S2/c1-2-7-5-32-15-11(14(26)24(15)12(7)17(29)30)22-13(25)10(9-6-33-18(20)21-9)23-31-4-3-8(19)16(27)28/h2,6,8,11,15H,1,3-5,19H2,(H2,20,21)(H,22,25)(H,27,28)(H,29,30)/t8?,11?,15-/m0/s1. The van der Waals surface area contributed by atoms with Gasteiger partial charge in [0, 0.05) is 17.6 Å². The predicted octanol–water partition coefficient (Wildman–Crippen LogP) is -0.827. The lowest BCUT2D eigenvalue weighted by Crippen LogP contribution is -2.71. The van der Waals surface area contributed by atoms with E-state index in [1.807, 2.05) is 0 Å². The molecule has 15 heteroatoms. The minimum atomic E-state index is -1.26. The van der Waals surface area contributed by atoms with Crippen molar-refractivity contribution in [3.05, 3.63) is 35.0 Å². The molecule has 2 amide bonds. The van der Waals surface area contributed by atoms with E-state index >= 15 is 0 Å². The first-order chi connectivity index (χ1) is 15.6. The lowest BCUT2D eigenvalue weighted by molar-refractivity contribution is -0.150. The van der Waals surface area contributed by atoms with E-state index in [0.717, 1.165) is 16.2 Å². The molecule has 33 heavy (non-hydrogen) atoms. The summed E-state index contributed by atoms with van der Waals surface area (Å²) in [6.07, 6.45) is 1.33. The first-order valence-corrected chi connectivity index (χ1v) is 11.3. The molecular formula is C18H20N6O7S2. The molecule has 0 saturated carbocycles. The maximum absolute atomic E-state index is 12.9. The van der Waals surface area contributed by atoms with Gasteiger partial charge in [-0.25, -0.2) is 9.78 Å². The van der Waals surface area contributed by atoms with Gasteiger partial charge in [0.1, 0.15) is 35.5 Å². The highest BCUT2D eigenvalue weighted by molar-refractivity contribution is 8.00. The number of carbonyl (C=O) groups excluding carboxylic acids is 2. The summed E-state index contributed by atoms with van der Waals surface area (Å²) in [5.74, 6) is -3.55. The lowest BCUT2D eigenvalue weighted by atomic mass is 10.0. The molecule has 13 nitrogen and oxygen atoms in total. The van der Waals surface area contributed by atoms with Crippen molar-refractivity contribution in [1.29, 1.82) is 0 Å². The van der Waals surface area contributed by atoms with Gasteiger partial charge in [-0.05, 0) is 5.57 Å². The third-order valence-corrected chi connectivity index (χ3v) is 6.68. The molecule has 0 bridgehead atoms. The average Bonchev–Trinajstić information content (AvgIpc) is 3.21. The lowest BCUT2D eigenvalue weighted by Gasteiger charge is -2.49. The second kappa shape index (κ2) is 10.0. The molecule has 0 aliphatic carbocycles. The van der Waals surface area contributed by atoms with Crippen molar-refractivity contribution in [3.63, 3.8) is 0 Å². The van der Waals surface area contributed by atoms with E-state index in [-0.39, 0.29) is 35.3 Å². The normalized spacial score (nSPS) is 21.1. The average molecular weight is 497 g/mol. The molecule has 7 N–H and O–H groups in total. The molecule has 0 aromatic carbocycles. The fraction of sp³-hybridized carbons (Fsp3) is 0.333. The molecule has 176 valence electrons. The number of nitrogens with two attached hydrogens (primary N) is 2. The summed E-state index contributed by atoms with van der Waals surface area (Å²) < 4.78 is 0. The highest BCUT2D eigenvalue weighted by atomic mass is 32.2. The number of allylic oxidation sites excluding steroid dienone is 1. The predicted molar refractivity (Wildman–Crippen MR) is 119 cm³/mol. The van der Waals surface area contributed by atoms with Crippen molar-refractivity contribution in [1.82, 2.24) is 15.2 Å². The van der Waals surface area contributed by atoms with Crippen molar-refractivity contribution < 1.29 is 34.2 Å². The van der Waals surface area contributed by atoms with Crippen molar-refractivity contribution in [2.75, 3.05) is 18.1 Å². The number of aliphatic carboxylic acids is 2. The van der Waals surface area contributed by atoms with Crippen LogP contribution in [-0.2, 0) is 24.0 Å². The van der Waals surface area contributed by atoms with Crippen LogP contribution < -0.4 is 16.8 Å². The van der Waals surface area contributed by atoms with Crippen molar-refractivity contribution >= 4 is 57.7 Å². The molecule has 1 aromatic heterocycles. The van der Waals surface area contributed by atoms with Gasteiger partial charge in [-0.3, -0.25) is 19.3 Å². The van der Waals surface area contributed by atoms with Crippen molar-refractivity contribution in [2.45, 2.75) is 23.9 Å². The van der Waals surface area contributed by atoms with Crippen LogP contribution in [0.4, 0.5) is 5.13 Å². The number of hydrogen-bond acceptors (Lipinski definition) is 11. The molecule has 3 rings (SSSR count). The van der Waals surface area contributed by atoms with Gasteiger partial charge in [-0.2, -0.15) is 0 Å². The maximum atomic E-state index is 12.9. The summed E-state index contributed by atoms with van der Waals surface area (Å²) in [7, 11) is 0. The Labute approximate surface area is 195 Å². The van der Waals surface area contributed by atoms with Gasteiger partial charge in [0.2, 0.25) is 0 Å². The van der Waals surface area contributed by atoms with Crippen molar-refractivity contribution in [2.24, 2.45) is 10.9 Å². The summed E-state index contributed by atoms with van der Waals surface area (Å²) in [4.78, 5) is 58.1. The molecular weight excluding hydrogens is 476 g/mol. The Morgan fingerprint density at radius 3 is 2.76 bits per heavy atom. The molecule has 1 saturated heterocycles. The summed E-state index contributed by atoms with van der Waals surface area (Å²) in [5.41, 5.74) is 11.1.